The first kappa shape index (κ1) is 16.6. The molecule has 2 heteroatoms. The minimum atomic E-state index is -1.41. The molecule has 0 fully saturated rings. The van der Waals surface area contributed by atoms with E-state index in [0.717, 1.165) is 0 Å². The van der Waals surface area contributed by atoms with E-state index in [-0.39, 0.29) is 0 Å². The van der Waals surface area contributed by atoms with Gasteiger partial charge in [0.15, 0.2) is 0 Å². The van der Waals surface area contributed by atoms with E-state index in [9.17, 15) is 0 Å². The Bertz CT molecular complexity index is 133. The van der Waals surface area contributed by atoms with Gasteiger partial charge >= 0.3 is 107 Å². The average Bonchev–Trinajstić information content (AvgIpc) is 1.98. The van der Waals surface area contributed by atoms with Crippen LogP contribution in [0.4, 0.5) is 0 Å². The van der Waals surface area contributed by atoms with Crippen molar-refractivity contribution in [2.45, 2.75) is 70.6 Å². The summed E-state index contributed by atoms with van der Waals surface area (Å²) in [5.74, 6) is 0. The molecule has 0 saturated carbocycles. The Labute approximate surface area is 106 Å². The summed E-state index contributed by atoms with van der Waals surface area (Å²) in [4.78, 5) is 15.3. The first-order valence-corrected chi connectivity index (χ1v) is 27.9. The molecule has 92 valence electrons. The molecular weight excluding hydrogens is 394 g/mol. The van der Waals surface area contributed by atoms with Gasteiger partial charge in [0.25, 0.3) is 0 Å². The first-order valence-electron chi connectivity index (χ1n) is 6.71. The molecule has 0 rings (SSSR count). The van der Waals surface area contributed by atoms with Crippen molar-refractivity contribution in [2.24, 2.45) is 0 Å². The number of unbranched alkanes of at least 4 members (excludes halogenated alkanes) is 4. The second-order valence-electron chi connectivity index (χ2n) is 7.39. The van der Waals surface area contributed by atoms with E-state index < -0.39 is 36.8 Å². The fourth-order valence-corrected chi connectivity index (χ4v) is 9.32. The van der Waals surface area contributed by atoms with E-state index in [2.05, 4.69) is 29.6 Å². The quantitative estimate of drug-likeness (QED) is 0.350. The van der Waals surface area contributed by atoms with Crippen LogP contribution < -0.4 is 0 Å². The zero-order valence-electron chi connectivity index (χ0n) is 11.9. The SMILES string of the molecule is [CH3][Sn]([CH3])([CH3])[CH2]CCCCC[CH2][Sn]([CH3])([CH3])[CH3]. The van der Waals surface area contributed by atoms with Crippen LogP contribution in [0.1, 0.15) is 32.1 Å². The van der Waals surface area contributed by atoms with E-state index in [0.29, 0.717) is 0 Å². The molecule has 0 spiro atoms. The molecule has 0 aliphatic carbocycles. The third-order valence-corrected chi connectivity index (χ3v) is 13.4. The predicted molar refractivity (Wildman–Crippen MR) is 79.4 cm³/mol. The van der Waals surface area contributed by atoms with E-state index in [1.807, 2.05) is 0 Å². The zero-order chi connectivity index (χ0) is 11.9. The Morgan fingerprint density at radius 3 is 1.00 bits per heavy atom. The third-order valence-electron chi connectivity index (χ3n) is 2.85. The Morgan fingerprint density at radius 1 is 0.467 bits per heavy atom. The Morgan fingerprint density at radius 2 is 0.733 bits per heavy atom. The molecule has 0 aromatic carbocycles. The number of hydrogen-bond acceptors (Lipinski definition) is 0. The van der Waals surface area contributed by atoms with Crippen LogP contribution in [-0.4, -0.2) is 36.8 Å². The average molecular weight is 426 g/mol. The van der Waals surface area contributed by atoms with Crippen molar-refractivity contribution in [1.82, 2.24) is 0 Å². The van der Waals surface area contributed by atoms with E-state index in [4.69, 9.17) is 0 Å². The van der Waals surface area contributed by atoms with E-state index >= 15 is 0 Å². The minimum absolute atomic E-state index is 1.41. The van der Waals surface area contributed by atoms with Crippen LogP contribution >= 0.6 is 0 Å². The first-order chi connectivity index (χ1) is 6.71. The summed E-state index contributed by atoms with van der Waals surface area (Å²) in [7, 11) is 0. The maximum atomic E-state index is 2.56. The van der Waals surface area contributed by atoms with Gasteiger partial charge in [0.1, 0.15) is 0 Å². The van der Waals surface area contributed by atoms with Gasteiger partial charge in [-0.1, -0.05) is 0 Å². The molecule has 0 heterocycles. The summed E-state index contributed by atoms with van der Waals surface area (Å²) in [6.45, 7) is 0. The second kappa shape index (κ2) is 7.83. The molecule has 0 radical (unpaired) electrons. The van der Waals surface area contributed by atoms with Gasteiger partial charge in [0.2, 0.25) is 0 Å². The number of rotatable bonds is 8. The third kappa shape index (κ3) is 15.6. The monoisotopic (exact) mass is 428 g/mol. The normalized spacial score (nSPS) is 13.2. The standard InChI is InChI=1S/C7H14.6CH3.2Sn/c1-3-5-7-6-4-2;;;;;;;;/h1-7H2;6*1H3;;. The van der Waals surface area contributed by atoms with Gasteiger partial charge in [-0.15, -0.1) is 0 Å². The van der Waals surface area contributed by atoms with Crippen LogP contribution in [-0.2, 0) is 0 Å². The van der Waals surface area contributed by atoms with Gasteiger partial charge < -0.3 is 0 Å². The summed E-state index contributed by atoms with van der Waals surface area (Å²) in [6.07, 6.45) is 7.57. The maximum absolute atomic E-state index is 2.56. The molecule has 0 atom stereocenters. The van der Waals surface area contributed by atoms with Crippen LogP contribution in [0.3, 0.4) is 0 Å². The van der Waals surface area contributed by atoms with E-state index in [1.54, 1.807) is 8.87 Å². The van der Waals surface area contributed by atoms with Crippen LogP contribution in [0.25, 0.3) is 0 Å². The van der Waals surface area contributed by atoms with Gasteiger partial charge in [-0.2, -0.15) is 0 Å². The van der Waals surface area contributed by atoms with Crippen molar-refractivity contribution < 1.29 is 0 Å². The molecule has 0 bridgehead atoms. The van der Waals surface area contributed by atoms with Gasteiger partial charge in [-0.3, -0.25) is 0 Å². The summed E-state index contributed by atoms with van der Waals surface area (Å²) in [6, 6.07) is 0. The van der Waals surface area contributed by atoms with Crippen LogP contribution in [0.15, 0.2) is 0 Å². The van der Waals surface area contributed by atoms with Crippen molar-refractivity contribution >= 4 is 36.8 Å². The molecule has 0 unspecified atom stereocenters. The predicted octanol–water partition coefficient (Wildman–Crippen LogP) is 5.61. The molecule has 0 aliphatic rings. The fourth-order valence-electron chi connectivity index (χ4n) is 1.84. The Hall–Kier alpha value is 1.60. The van der Waals surface area contributed by atoms with Crippen molar-refractivity contribution in [3.8, 4) is 0 Å². The molecule has 0 N–H and O–H groups in total. The molecule has 0 nitrogen and oxygen atoms in total. The molecule has 0 aliphatic heterocycles. The second-order valence-corrected chi connectivity index (χ2v) is 39.5. The van der Waals surface area contributed by atoms with E-state index in [1.165, 1.54) is 32.1 Å². The molecular formula is C13H32Sn2. The van der Waals surface area contributed by atoms with Gasteiger partial charge in [-0.05, 0) is 0 Å². The molecule has 15 heavy (non-hydrogen) atoms. The van der Waals surface area contributed by atoms with Crippen LogP contribution in [0.2, 0.25) is 38.5 Å². The summed E-state index contributed by atoms with van der Waals surface area (Å²) in [5, 5.41) is 0. The van der Waals surface area contributed by atoms with Crippen molar-refractivity contribution in [1.29, 1.82) is 0 Å². The van der Waals surface area contributed by atoms with Crippen molar-refractivity contribution in [2.75, 3.05) is 0 Å². The molecule has 0 amide bonds. The van der Waals surface area contributed by atoms with Crippen LogP contribution in [0.5, 0.6) is 0 Å². The number of hydrogen-bond donors (Lipinski definition) is 0. The van der Waals surface area contributed by atoms with Crippen molar-refractivity contribution in [3.63, 3.8) is 0 Å². The Kier molecular flexibility index (Phi) is 8.67. The topological polar surface area (TPSA) is 0 Å². The molecule has 0 aromatic heterocycles. The fraction of sp³-hybridized carbons (Fsp3) is 1.00. The van der Waals surface area contributed by atoms with Gasteiger partial charge in [-0.25, -0.2) is 0 Å². The molecule has 0 aromatic rings. The zero-order valence-corrected chi connectivity index (χ0v) is 17.7. The van der Waals surface area contributed by atoms with Crippen molar-refractivity contribution in [3.05, 3.63) is 0 Å². The summed E-state index contributed by atoms with van der Waals surface area (Å²) >= 11 is -2.81. The molecule has 0 saturated heterocycles. The van der Waals surface area contributed by atoms with Gasteiger partial charge in [0, 0.05) is 0 Å². The Balaban J connectivity index is 3.20. The van der Waals surface area contributed by atoms with Crippen LogP contribution in [0, 0.1) is 0 Å². The summed E-state index contributed by atoms with van der Waals surface area (Å²) in [5.41, 5.74) is 0. The summed E-state index contributed by atoms with van der Waals surface area (Å²) < 4.78 is 3.21. The van der Waals surface area contributed by atoms with Gasteiger partial charge in [0.05, 0.1) is 0 Å².